The summed E-state index contributed by atoms with van der Waals surface area (Å²) in [6.07, 6.45) is 1.37. The van der Waals surface area contributed by atoms with Gasteiger partial charge in [0, 0.05) is 38.4 Å². The quantitative estimate of drug-likeness (QED) is 0.475. The fourth-order valence-electron chi connectivity index (χ4n) is 3.24. The number of piperazine rings is 1. The van der Waals surface area contributed by atoms with E-state index in [9.17, 15) is 20.2 Å². The molecule has 146 valence electrons. The first kappa shape index (κ1) is 19.2. The molecule has 0 unspecified atom stereocenters. The molecule has 0 amide bonds. The molecule has 10 heteroatoms. The number of benzene rings is 1. The smallest absolute Gasteiger partial charge is 0.357 e. The van der Waals surface area contributed by atoms with E-state index in [1.54, 1.807) is 12.1 Å². The molecule has 1 saturated heterocycles. The summed E-state index contributed by atoms with van der Waals surface area (Å²) in [6.45, 7) is 2.98. The summed E-state index contributed by atoms with van der Waals surface area (Å²) in [5.74, 6) is -0.732. The summed E-state index contributed by atoms with van der Waals surface area (Å²) in [5.41, 5.74) is 6.70. The molecular formula is C18H20N6O4. The Kier molecular flexibility index (Phi) is 5.19. The number of nitrogen functional groups attached to an aromatic ring is 1. The number of ether oxygens (including phenoxy) is 1. The van der Waals surface area contributed by atoms with Crippen LogP contribution >= 0.6 is 0 Å². The third-order valence-electron chi connectivity index (χ3n) is 4.82. The molecule has 0 atom stereocenters. The number of carbonyl (C=O) groups excluding carboxylic acids is 1. The van der Waals surface area contributed by atoms with E-state index in [-0.39, 0.29) is 22.6 Å². The summed E-state index contributed by atoms with van der Waals surface area (Å²) >= 11 is 0. The standard InChI is InChI=1S/C18H20N6O4/c1-21-5-7-22(8-6-21)14-4-3-13(9-15(14)24(26)27)23-11-12(10-19)16(20)17(23)18(25)28-2/h3-4,9,11H,5-8,20H2,1-2H3. The number of hydrogen-bond acceptors (Lipinski definition) is 8. The Hall–Kier alpha value is -3.58. The van der Waals surface area contributed by atoms with E-state index in [4.69, 9.17) is 10.5 Å². The van der Waals surface area contributed by atoms with Gasteiger partial charge in [-0.2, -0.15) is 5.26 Å². The molecule has 0 aliphatic carbocycles. The average molecular weight is 384 g/mol. The third kappa shape index (κ3) is 3.35. The molecule has 1 aliphatic rings. The van der Waals surface area contributed by atoms with Crippen molar-refractivity contribution in [1.82, 2.24) is 9.47 Å². The van der Waals surface area contributed by atoms with E-state index in [2.05, 4.69) is 4.90 Å². The van der Waals surface area contributed by atoms with Crippen molar-refractivity contribution in [3.8, 4) is 11.8 Å². The Labute approximate surface area is 161 Å². The maximum absolute atomic E-state index is 12.1. The van der Waals surface area contributed by atoms with E-state index in [0.717, 1.165) is 13.1 Å². The lowest BCUT2D eigenvalue weighted by Gasteiger charge is -2.33. The molecule has 0 radical (unpaired) electrons. The van der Waals surface area contributed by atoms with Crippen LogP contribution in [0.2, 0.25) is 0 Å². The number of esters is 1. The van der Waals surface area contributed by atoms with Gasteiger partial charge in [-0.25, -0.2) is 4.79 Å². The van der Waals surface area contributed by atoms with Crippen LogP contribution in [0.3, 0.4) is 0 Å². The molecule has 2 N–H and O–H groups in total. The second kappa shape index (κ2) is 7.58. The average Bonchev–Trinajstić information content (AvgIpc) is 3.04. The van der Waals surface area contributed by atoms with Crippen LogP contribution in [0.25, 0.3) is 5.69 Å². The zero-order valence-electron chi connectivity index (χ0n) is 15.6. The van der Waals surface area contributed by atoms with Crippen LogP contribution in [-0.4, -0.2) is 60.7 Å². The Morgan fingerprint density at radius 2 is 2.00 bits per heavy atom. The lowest BCUT2D eigenvalue weighted by Crippen LogP contribution is -2.44. The van der Waals surface area contributed by atoms with Gasteiger partial charge < -0.3 is 24.8 Å². The SMILES string of the molecule is COC(=O)c1c(N)c(C#N)cn1-c1ccc(N2CCN(C)CC2)c([N+](=O)[O-])c1. The number of carbonyl (C=O) groups is 1. The summed E-state index contributed by atoms with van der Waals surface area (Å²) in [4.78, 5) is 27.5. The highest BCUT2D eigenvalue weighted by atomic mass is 16.6. The Morgan fingerprint density at radius 1 is 1.32 bits per heavy atom. The van der Waals surface area contributed by atoms with E-state index in [1.807, 2.05) is 18.0 Å². The highest BCUT2D eigenvalue weighted by Gasteiger charge is 2.26. The Balaban J connectivity index is 2.10. The van der Waals surface area contributed by atoms with Gasteiger partial charge in [0.15, 0.2) is 5.69 Å². The number of nitro groups is 1. The molecule has 1 aliphatic heterocycles. The van der Waals surface area contributed by atoms with Gasteiger partial charge in [0.2, 0.25) is 0 Å². The van der Waals surface area contributed by atoms with Gasteiger partial charge in [0.25, 0.3) is 5.69 Å². The zero-order valence-corrected chi connectivity index (χ0v) is 15.6. The number of hydrogen-bond donors (Lipinski definition) is 1. The van der Waals surface area contributed by atoms with Gasteiger partial charge >= 0.3 is 5.97 Å². The topological polar surface area (TPSA) is 131 Å². The van der Waals surface area contributed by atoms with Crippen molar-refractivity contribution in [2.45, 2.75) is 0 Å². The second-order valence-electron chi connectivity index (χ2n) is 6.50. The van der Waals surface area contributed by atoms with Crippen LogP contribution < -0.4 is 10.6 Å². The first-order chi connectivity index (χ1) is 13.4. The van der Waals surface area contributed by atoms with Crippen LogP contribution in [0.15, 0.2) is 24.4 Å². The summed E-state index contributed by atoms with van der Waals surface area (Å²) in [7, 11) is 3.20. The van der Waals surface area contributed by atoms with E-state index < -0.39 is 10.9 Å². The Morgan fingerprint density at radius 3 is 2.57 bits per heavy atom. The molecule has 0 spiro atoms. The monoisotopic (exact) mass is 384 g/mol. The molecule has 1 aromatic carbocycles. The largest absolute Gasteiger partial charge is 0.464 e. The van der Waals surface area contributed by atoms with Crippen molar-refractivity contribution in [3.05, 3.63) is 45.8 Å². The molecule has 1 fully saturated rings. The number of nitrogens with two attached hydrogens (primary N) is 1. The number of nitriles is 1. The van der Waals surface area contributed by atoms with Crippen LogP contribution in [0.5, 0.6) is 0 Å². The van der Waals surface area contributed by atoms with Crippen molar-refractivity contribution in [2.75, 3.05) is 51.0 Å². The minimum atomic E-state index is -0.732. The van der Waals surface area contributed by atoms with E-state index in [1.165, 1.54) is 23.9 Å². The third-order valence-corrected chi connectivity index (χ3v) is 4.82. The highest BCUT2D eigenvalue weighted by Crippen LogP contribution is 2.33. The number of rotatable bonds is 4. The number of aromatic nitrogens is 1. The number of likely N-dealkylation sites (N-methyl/N-ethyl adjacent to an activating group) is 1. The van der Waals surface area contributed by atoms with Crippen molar-refractivity contribution in [3.63, 3.8) is 0 Å². The lowest BCUT2D eigenvalue weighted by atomic mass is 10.2. The highest BCUT2D eigenvalue weighted by molar-refractivity contribution is 5.96. The molecule has 2 aromatic rings. The predicted octanol–water partition coefficient (Wildman–Crippen LogP) is 1.38. The van der Waals surface area contributed by atoms with Gasteiger partial charge in [0.05, 0.1) is 29.0 Å². The first-order valence-corrected chi connectivity index (χ1v) is 8.59. The fourth-order valence-corrected chi connectivity index (χ4v) is 3.24. The van der Waals surface area contributed by atoms with Gasteiger partial charge in [-0.3, -0.25) is 10.1 Å². The maximum Gasteiger partial charge on any atom is 0.357 e. The molecule has 0 saturated carbocycles. The first-order valence-electron chi connectivity index (χ1n) is 8.59. The summed E-state index contributed by atoms with van der Waals surface area (Å²) < 4.78 is 6.10. The second-order valence-corrected chi connectivity index (χ2v) is 6.50. The van der Waals surface area contributed by atoms with Gasteiger partial charge in [-0.15, -0.1) is 0 Å². The number of nitrogens with zero attached hydrogens (tertiary/aromatic N) is 5. The molecular weight excluding hydrogens is 364 g/mol. The Bertz CT molecular complexity index is 969. The number of methoxy groups -OCH3 is 1. The molecule has 10 nitrogen and oxygen atoms in total. The minimum absolute atomic E-state index is 0.0276. The number of nitro benzene ring substituents is 1. The molecule has 2 heterocycles. The van der Waals surface area contributed by atoms with Gasteiger partial charge in [-0.05, 0) is 19.2 Å². The van der Waals surface area contributed by atoms with Crippen molar-refractivity contribution in [1.29, 1.82) is 5.26 Å². The van der Waals surface area contributed by atoms with Crippen LogP contribution in [-0.2, 0) is 4.74 Å². The van der Waals surface area contributed by atoms with Crippen molar-refractivity contribution in [2.24, 2.45) is 0 Å². The van der Waals surface area contributed by atoms with Gasteiger partial charge in [0.1, 0.15) is 11.8 Å². The normalized spacial score (nSPS) is 14.5. The maximum atomic E-state index is 12.1. The lowest BCUT2D eigenvalue weighted by molar-refractivity contribution is -0.384. The fraction of sp³-hybridized carbons (Fsp3) is 0.333. The molecule has 0 bridgehead atoms. The van der Waals surface area contributed by atoms with Gasteiger partial charge in [-0.1, -0.05) is 0 Å². The predicted molar refractivity (Wildman–Crippen MR) is 103 cm³/mol. The summed E-state index contributed by atoms with van der Waals surface area (Å²) in [5, 5.41) is 20.9. The van der Waals surface area contributed by atoms with Crippen LogP contribution in [0.1, 0.15) is 16.1 Å². The molecule has 28 heavy (non-hydrogen) atoms. The van der Waals surface area contributed by atoms with Crippen LogP contribution in [0, 0.1) is 21.4 Å². The molecule has 1 aromatic heterocycles. The summed E-state index contributed by atoms with van der Waals surface area (Å²) in [6, 6.07) is 6.60. The molecule has 3 rings (SSSR count). The van der Waals surface area contributed by atoms with Crippen molar-refractivity contribution >= 4 is 23.0 Å². The van der Waals surface area contributed by atoms with Crippen molar-refractivity contribution < 1.29 is 14.5 Å². The number of anilines is 2. The van der Waals surface area contributed by atoms with E-state index in [0.29, 0.717) is 24.5 Å². The van der Waals surface area contributed by atoms with Crippen LogP contribution in [0.4, 0.5) is 17.1 Å². The minimum Gasteiger partial charge on any atom is -0.464 e. The zero-order chi connectivity index (χ0) is 20.4. The van der Waals surface area contributed by atoms with E-state index >= 15 is 0 Å².